The van der Waals surface area contributed by atoms with E-state index in [-0.39, 0.29) is 5.91 Å². The van der Waals surface area contributed by atoms with Crippen molar-refractivity contribution in [2.24, 2.45) is 0 Å². The average molecular weight is 379 g/mol. The summed E-state index contributed by atoms with van der Waals surface area (Å²) >= 11 is 0. The molecule has 0 radical (unpaired) electrons. The van der Waals surface area contributed by atoms with E-state index < -0.39 is 0 Å². The molecule has 0 aliphatic heterocycles. The summed E-state index contributed by atoms with van der Waals surface area (Å²) in [7, 11) is 3.21. The van der Waals surface area contributed by atoms with Crippen molar-refractivity contribution in [3.8, 4) is 17.2 Å². The Bertz CT molecular complexity index is 932. The summed E-state index contributed by atoms with van der Waals surface area (Å²) in [5, 5.41) is 2.97. The maximum absolute atomic E-state index is 12.2. The topological polar surface area (TPSA) is 65.4 Å². The molecule has 0 saturated carbocycles. The smallest absolute Gasteiger partial charge is 0.220 e. The lowest BCUT2D eigenvalue weighted by molar-refractivity contribution is -0.121. The van der Waals surface area contributed by atoms with Gasteiger partial charge < -0.3 is 19.4 Å². The second-order valence-corrected chi connectivity index (χ2v) is 6.48. The molecule has 0 aliphatic carbocycles. The molecule has 28 heavy (non-hydrogen) atoms. The van der Waals surface area contributed by atoms with Crippen molar-refractivity contribution in [3.05, 3.63) is 71.8 Å². The Morgan fingerprint density at radius 1 is 1.04 bits per heavy atom. The number of rotatable bonds is 8. The van der Waals surface area contributed by atoms with E-state index in [1.807, 2.05) is 60.2 Å². The minimum atomic E-state index is 0.0179. The van der Waals surface area contributed by atoms with Gasteiger partial charge in [-0.1, -0.05) is 18.2 Å². The van der Waals surface area contributed by atoms with Crippen LogP contribution >= 0.6 is 0 Å². The van der Waals surface area contributed by atoms with Crippen LogP contribution in [0.15, 0.2) is 54.9 Å². The van der Waals surface area contributed by atoms with Crippen LogP contribution in [0.3, 0.4) is 0 Å². The molecule has 2 aromatic carbocycles. The molecule has 0 saturated heterocycles. The van der Waals surface area contributed by atoms with Crippen molar-refractivity contribution < 1.29 is 14.3 Å². The zero-order valence-corrected chi connectivity index (χ0v) is 16.4. The van der Waals surface area contributed by atoms with Crippen LogP contribution < -0.4 is 14.8 Å². The van der Waals surface area contributed by atoms with Crippen LogP contribution in [0.1, 0.15) is 23.4 Å². The summed E-state index contributed by atoms with van der Waals surface area (Å²) in [4.78, 5) is 16.4. The molecule has 3 aromatic rings. The minimum absolute atomic E-state index is 0.0179. The monoisotopic (exact) mass is 379 g/mol. The predicted octanol–water partition coefficient (Wildman–Crippen LogP) is 3.45. The third-order valence-electron chi connectivity index (χ3n) is 4.62. The van der Waals surface area contributed by atoms with E-state index in [4.69, 9.17) is 9.47 Å². The van der Waals surface area contributed by atoms with Gasteiger partial charge >= 0.3 is 0 Å². The van der Waals surface area contributed by atoms with Gasteiger partial charge in [-0.05, 0) is 48.7 Å². The highest BCUT2D eigenvalue weighted by molar-refractivity contribution is 5.76. The van der Waals surface area contributed by atoms with Gasteiger partial charge in [-0.2, -0.15) is 0 Å². The van der Waals surface area contributed by atoms with E-state index in [2.05, 4.69) is 10.3 Å². The summed E-state index contributed by atoms with van der Waals surface area (Å²) in [6.07, 6.45) is 4.77. The molecule has 1 N–H and O–H groups in total. The van der Waals surface area contributed by atoms with Gasteiger partial charge in [-0.15, -0.1) is 0 Å². The maximum Gasteiger partial charge on any atom is 0.220 e. The number of imidazole rings is 1. The van der Waals surface area contributed by atoms with Crippen LogP contribution in [0.25, 0.3) is 5.69 Å². The SMILES string of the molecule is COc1ccc(CCC(=O)NCc2ccc(-n3ccnc3C)cc2)cc1OC. The average Bonchev–Trinajstić information content (AvgIpc) is 3.16. The van der Waals surface area contributed by atoms with Gasteiger partial charge in [0.2, 0.25) is 5.91 Å². The van der Waals surface area contributed by atoms with Crippen LogP contribution in [0.2, 0.25) is 0 Å². The zero-order valence-electron chi connectivity index (χ0n) is 16.4. The number of carbonyl (C=O) groups is 1. The van der Waals surface area contributed by atoms with Gasteiger partial charge in [-0.25, -0.2) is 4.98 Å². The van der Waals surface area contributed by atoms with E-state index in [1.165, 1.54) is 0 Å². The molecule has 6 heteroatoms. The number of hydrogen-bond donors (Lipinski definition) is 1. The summed E-state index contributed by atoms with van der Waals surface area (Å²) in [6.45, 7) is 2.47. The van der Waals surface area contributed by atoms with Crippen molar-refractivity contribution >= 4 is 5.91 Å². The first-order valence-corrected chi connectivity index (χ1v) is 9.17. The van der Waals surface area contributed by atoms with E-state index >= 15 is 0 Å². The lowest BCUT2D eigenvalue weighted by atomic mass is 10.1. The first-order valence-electron chi connectivity index (χ1n) is 9.17. The third kappa shape index (κ3) is 4.71. The number of nitrogens with zero attached hydrogens (tertiary/aromatic N) is 2. The maximum atomic E-state index is 12.2. The summed E-state index contributed by atoms with van der Waals surface area (Å²) in [5.41, 5.74) is 3.15. The Morgan fingerprint density at radius 2 is 1.75 bits per heavy atom. The molecule has 0 unspecified atom stereocenters. The summed E-state index contributed by atoms with van der Waals surface area (Å²) in [6, 6.07) is 13.8. The van der Waals surface area contributed by atoms with E-state index in [0.717, 1.165) is 22.6 Å². The first-order chi connectivity index (χ1) is 13.6. The first kappa shape index (κ1) is 19.5. The number of hydrogen-bond acceptors (Lipinski definition) is 4. The second kappa shape index (κ2) is 9.08. The molecule has 146 valence electrons. The van der Waals surface area contributed by atoms with Gasteiger partial charge in [0.1, 0.15) is 5.82 Å². The van der Waals surface area contributed by atoms with E-state index in [9.17, 15) is 4.79 Å². The van der Waals surface area contributed by atoms with Crippen molar-refractivity contribution in [1.82, 2.24) is 14.9 Å². The van der Waals surface area contributed by atoms with Crippen LogP contribution in [0.4, 0.5) is 0 Å². The minimum Gasteiger partial charge on any atom is -0.493 e. The normalized spacial score (nSPS) is 10.5. The van der Waals surface area contributed by atoms with Gasteiger partial charge in [0.05, 0.1) is 14.2 Å². The molecule has 1 aromatic heterocycles. The highest BCUT2D eigenvalue weighted by atomic mass is 16.5. The number of aromatic nitrogens is 2. The lowest BCUT2D eigenvalue weighted by Crippen LogP contribution is -2.23. The van der Waals surface area contributed by atoms with Gasteiger partial charge in [-0.3, -0.25) is 4.79 Å². The molecule has 0 aliphatic rings. The van der Waals surface area contributed by atoms with Gasteiger partial charge in [0, 0.05) is 31.0 Å². The molecule has 1 amide bonds. The molecule has 6 nitrogen and oxygen atoms in total. The molecule has 1 heterocycles. The van der Waals surface area contributed by atoms with Crippen molar-refractivity contribution in [2.75, 3.05) is 14.2 Å². The fourth-order valence-corrected chi connectivity index (χ4v) is 3.01. The number of amides is 1. The van der Waals surface area contributed by atoms with Crippen LogP contribution in [0, 0.1) is 6.92 Å². The van der Waals surface area contributed by atoms with Crippen LogP contribution in [-0.2, 0) is 17.8 Å². The molecule has 3 rings (SSSR count). The number of aryl methyl sites for hydroxylation is 2. The van der Waals surface area contributed by atoms with Crippen molar-refractivity contribution in [1.29, 1.82) is 0 Å². The molecule has 0 atom stereocenters. The quantitative estimate of drug-likeness (QED) is 0.651. The Hall–Kier alpha value is -3.28. The van der Waals surface area contributed by atoms with Gasteiger partial charge in [0.15, 0.2) is 11.5 Å². The second-order valence-electron chi connectivity index (χ2n) is 6.48. The Balaban J connectivity index is 1.50. The zero-order chi connectivity index (χ0) is 19.9. The summed E-state index contributed by atoms with van der Waals surface area (Å²) < 4.78 is 12.6. The van der Waals surface area contributed by atoms with Crippen molar-refractivity contribution in [2.45, 2.75) is 26.3 Å². The van der Waals surface area contributed by atoms with Crippen LogP contribution in [0.5, 0.6) is 11.5 Å². The highest BCUT2D eigenvalue weighted by Crippen LogP contribution is 2.27. The summed E-state index contributed by atoms with van der Waals surface area (Å²) in [5.74, 6) is 2.32. The van der Waals surface area contributed by atoms with Crippen molar-refractivity contribution in [3.63, 3.8) is 0 Å². The number of carbonyl (C=O) groups excluding carboxylic acids is 1. The Morgan fingerprint density at radius 3 is 2.39 bits per heavy atom. The Kier molecular flexibility index (Phi) is 6.32. The third-order valence-corrected chi connectivity index (χ3v) is 4.62. The number of methoxy groups -OCH3 is 2. The largest absolute Gasteiger partial charge is 0.493 e. The molecular formula is C22H25N3O3. The Labute approximate surface area is 165 Å². The number of benzene rings is 2. The fraction of sp³-hybridized carbons (Fsp3) is 0.273. The predicted molar refractivity (Wildman–Crippen MR) is 108 cm³/mol. The van der Waals surface area contributed by atoms with Gasteiger partial charge in [0.25, 0.3) is 0 Å². The molecule has 0 fully saturated rings. The van der Waals surface area contributed by atoms with E-state index in [1.54, 1.807) is 20.4 Å². The standard InChI is InChI=1S/C22H25N3O3/c1-16-23-12-13-25(16)19-8-4-18(5-9-19)15-24-22(26)11-7-17-6-10-20(27-2)21(14-17)28-3/h4-6,8-10,12-14H,7,11,15H2,1-3H3,(H,24,26). The molecule has 0 spiro atoms. The number of ether oxygens (including phenoxy) is 2. The van der Waals surface area contributed by atoms with E-state index in [0.29, 0.717) is 30.9 Å². The number of nitrogens with one attached hydrogen (secondary N) is 1. The fourth-order valence-electron chi connectivity index (χ4n) is 3.01. The lowest BCUT2D eigenvalue weighted by Gasteiger charge is -2.10. The molecular weight excluding hydrogens is 354 g/mol. The van der Waals surface area contributed by atoms with Crippen LogP contribution in [-0.4, -0.2) is 29.7 Å². The highest BCUT2D eigenvalue weighted by Gasteiger charge is 2.07. The molecule has 0 bridgehead atoms.